The number of primary amides is 1. The average molecular weight is 392 g/mol. The van der Waals surface area contributed by atoms with E-state index in [2.05, 4.69) is 10.3 Å². The molecule has 2 amide bonds. The van der Waals surface area contributed by atoms with Crippen LogP contribution in [0, 0.1) is 11.8 Å². The van der Waals surface area contributed by atoms with Crippen molar-refractivity contribution in [2.45, 2.75) is 12.8 Å². The molecule has 8 heteroatoms. The molecule has 1 aromatic heterocycles. The van der Waals surface area contributed by atoms with Gasteiger partial charge in [0.1, 0.15) is 5.82 Å². The molecule has 0 bridgehead atoms. The van der Waals surface area contributed by atoms with Gasteiger partial charge in [-0.25, -0.2) is 4.98 Å². The number of nitrogens with one attached hydrogen (secondary N) is 1. The van der Waals surface area contributed by atoms with Crippen molar-refractivity contribution in [1.29, 1.82) is 0 Å². The first-order valence-electron chi connectivity index (χ1n) is 7.89. The van der Waals surface area contributed by atoms with E-state index in [4.69, 9.17) is 28.9 Å². The Morgan fingerprint density at radius 2 is 1.85 bits per heavy atom. The third-order valence-electron chi connectivity index (χ3n) is 4.17. The molecule has 6 nitrogen and oxygen atoms in total. The summed E-state index contributed by atoms with van der Waals surface area (Å²) in [7, 11) is 0. The lowest BCUT2D eigenvalue weighted by Crippen LogP contribution is -2.21. The highest BCUT2D eigenvalue weighted by Gasteiger charge is 2.47. The Morgan fingerprint density at radius 3 is 2.46 bits per heavy atom. The molecule has 1 saturated carbocycles. The van der Waals surface area contributed by atoms with Crippen LogP contribution in [0.4, 0.5) is 5.82 Å². The second kappa shape index (κ2) is 7.43. The number of amides is 2. The van der Waals surface area contributed by atoms with Crippen LogP contribution in [0.2, 0.25) is 10.0 Å². The Balaban J connectivity index is 1.69. The molecular weight excluding hydrogens is 377 g/mol. The zero-order valence-corrected chi connectivity index (χ0v) is 15.1. The Bertz CT molecular complexity index is 881. The number of halogens is 2. The zero-order valence-electron chi connectivity index (χ0n) is 13.5. The molecule has 1 aliphatic carbocycles. The van der Waals surface area contributed by atoms with Crippen molar-refractivity contribution in [2.75, 3.05) is 5.32 Å². The summed E-state index contributed by atoms with van der Waals surface area (Å²) >= 11 is 12.1. The molecule has 134 valence electrons. The van der Waals surface area contributed by atoms with Crippen LogP contribution >= 0.6 is 23.2 Å². The first-order valence-corrected chi connectivity index (χ1v) is 8.64. The van der Waals surface area contributed by atoms with Crippen molar-refractivity contribution in [3.8, 4) is 0 Å². The van der Waals surface area contributed by atoms with E-state index < -0.39 is 17.7 Å². The van der Waals surface area contributed by atoms with E-state index in [-0.39, 0.29) is 33.7 Å². The van der Waals surface area contributed by atoms with Crippen LogP contribution in [0.25, 0.3) is 0 Å². The second-order valence-electron chi connectivity index (χ2n) is 6.09. The second-order valence-corrected chi connectivity index (χ2v) is 6.90. The molecule has 1 aliphatic rings. The number of pyridine rings is 1. The average Bonchev–Trinajstić information content (AvgIpc) is 3.36. The molecule has 0 radical (unpaired) electrons. The third kappa shape index (κ3) is 4.03. The summed E-state index contributed by atoms with van der Waals surface area (Å²) in [5.74, 6) is -1.54. The van der Waals surface area contributed by atoms with Crippen LogP contribution in [0.3, 0.4) is 0 Å². The Kier molecular flexibility index (Phi) is 5.25. The first-order chi connectivity index (χ1) is 12.4. The number of carbonyl (C=O) groups is 3. The van der Waals surface area contributed by atoms with Gasteiger partial charge in [-0.2, -0.15) is 0 Å². The number of anilines is 1. The predicted octanol–water partition coefficient (Wildman–Crippen LogP) is 2.87. The number of aromatic nitrogens is 1. The number of rotatable bonds is 6. The molecule has 2 atom stereocenters. The van der Waals surface area contributed by atoms with E-state index in [0.717, 1.165) is 0 Å². The zero-order chi connectivity index (χ0) is 18.8. The van der Waals surface area contributed by atoms with E-state index in [1.165, 1.54) is 6.20 Å². The number of benzene rings is 1. The van der Waals surface area contributed by atoms with Crippen LogP contribution in [0.15, 0.2) is 36.5 Å². The standard InChI is InChI=1S/C18H15Cl2N3O3/c19-12-2-1-3-13(20)16(12)14(24)6-9-4-5-22-15(7-9)23-18(26)11-8-10(11)17(21)25/h1-5,7,10-11H,6,8H2,(H2,21,25)(H,22,23,26)/t10-,11-/m0/s1. The van der Waals surface area contributed by atoms with Crippen LogP contribution in [0.1, 0.15) is 22.3 Å². The van der Waals surface area contributed by atoms with Gasteiger partial charge in [-0.3, -0.25) is 14.4 Å². The highest BCUT2D eigenvalue weighted by atomic mass is 35.5. The number of ketones is 1. The number of nitrogens with two attached hydrogens (primary N) is 1. The minimum absolute atomic E-state index is 0.0577. The first kappa shape index (κ1) is 18.4. The molecule has 0 spiro atoms. The SMILES string of the molecule is NC(=O)[C@H]1C[C@@H]1C(=O)Nc1cc(CC(=O)c2c(Cl)cccc2Cl)ccn1. The summed E-state index contributed by atoms with van der Waals surface area (Å²) in [6.45, 7) is 0. The van der Waals surface area contributed by atoms with Crippen LogP contribution in [-0.4, -0.2) is 22.6 Å². The fourth-order valence-electron chi connectivity index (χ4n) is 2.71. The summed E-state index contributed by atoms with van der Waals surface area (Å²) in [6, 6.07) is 8.13. The number of hydrogen-bond acceptors (Lipinski definition) is 4. The molecule has 3 N–H and O–H groups in total. The van der Waals surface area contributed by atoms with Gasteiger partial charge < -0.3 is 11.1 Å². The maximum absolute atomic E-state index is 12.5. The maximum Gasteiger partial charge on any atom is 0.229 e. The molecule has 1 aromatic carbocycles. The summed E-state index contributed by atoms with van der Waals surface area (Å²) in [4.78, 5) is 39.7. The normalized spacial score (nSPS) is 18.2. The Morgan fingerprint density at radius 1 is 1.15 bits per heavy atom. The molecule has 1 fully saturated rings. The van der Waals surface area contributed by atoms with Crippen molar-refractivity contribution in [2.24, 2.45) is 17.6 Å². The smallest absolute Gasteiger partial charge is 0.229 e. The number of hydrogen-bond donors (Lipinski definition) is 2. The van der Waals surface area contributed by atoms with Gasteiger partial charge in [-0.1, -0.05) is 29.3 Å². The lowest BCUT2D eigenvalue weighted by atomic mass is 10.0. The largest absolute Gasteiger partial charge is 0.369 e. The number of carbonyl (C=O) groups excluding carboxylic acids is 3. The molecule has 0 unspecified atom stereocenters. The van der Waals surface area contributed by atoms with E-state index in [1.807, 2.05) is 0 Å². The minimum Gasteiger partial charge on any atom is -0.369 e. The summed E-state index contributed by atoms with van der Waals surface area (Å²) in [6.07, 6.45) is 2.00. The van der Waals surface area contributed by atoms with Crippen LogP contribution in [0.5, 0.6) is 0 Å². The summed E-state index contributed by atoms with van der Waals surface area (Å²) in [5, 5.41) is 3.22. The van der Waals surface area contributed by atoms with Gasteiger partial charge in [0.25, 0.3) is 0 Å². The van der Waals surface area contributed by atoms with Crippen molar-refractivity contribution < 1.29 is 14.4 Å². The van der Waals surface area contributed by atoms with E-state index in [0.29, 0.717) is 17.8 Å². The maximum atomic E-state index is 12.5. The molecule has 0 saturated heterocycles. The lowest BCUT2D eigenvalue weighted by Gasteiger charge is -2.08. The molecule has 3 rings (SSSR count). The van der Waals surface area contributed by atoms with Crippen molar-refractivity contribution >= 4 is 46.6 Å². The molecule has 2 aromatic rings. The molecule has 1 heterocycles. The van der Waals surface area contributed by atoms with Crippen LogP contribution in [-0.2, 0) is 16.0 Å². The van der Waals surface area contributed by atoms with Gasteiger partial charge in [-0.15, -0.1) is 0 Å². The lowest BCUT2D eigenvalue weighted by molar-refractivity contribution is -0.123. The number of nitrogens with zero attached hydrogens (tertiary/aromatic N) is 1. The highest BCUT2D eigenvalue weighted by molar-refractivity contribution is 6.39. The molecule has 26 heavy (non-hydrogen) atoms. The van der Waals surface area contributed by atoms with E-state index in [9.17, 15) is 14.4 Å². The van der Waals surface area contributed by atoms with Gasteiger partial charge in [0.15, 0.2) is 5.78 Å². The van der Waals surface area contributed by atoms with Gasteiger partial charge in [0.2, 0.25) is 11.8 Å². The quantitative estimate of drug-likeness (QED) is 0.738. The molecular formula is C18H15Cl2N3O3. The highest BCUT2D eigenvalue weighted by Crippen LogP contribution is 2.38. The third-order valence-corrected chi connectivity index (χ3v) is 4.80. The predicted molar refractivity (Wildman–Crippen MR) is 98.2 cm³/mol. The van der Waals surface area contributed by atoms with Gasteiger partial charge >= 0.3 is 0 Å². The summed E-state index contributed by atoms with van der Waals surface area (Å²) in [5.41, 5.74) is 6.10. The summed E-state index contributed by atoms with van der Waals surface area (Å²) < 4.78 is 0. The van der Waals surface area contributed by atoms with Crippen molar-refractivity contribution in [3.63, 3.8) is 0 Å². The van der Waals surface area contributed by atoms with Crippen molar-refractivity contribution in [1.82, 2.24) is 4.98 Å². The monoisotopic (exact) mass is 391 g/mol. The Hall–Kier alpha value is -2.44. The van der Waals surface area contributed by atoms with E-state index >= 15 is 0 Å². The molecule has 0 aliphatic heterocycles. The number of Topliss-reactive ketones (excluding diaryl/α,β-unsaturated/α-hetero) is 1. The van der Waals surface area contributed by atoms with E-state index in [1.54, 1.807) is 30.3 Å². The minimum atomic E-state index is -0.478. The van der Waals surface area contributed by atoms with Gasteiger partial charge in [-0.05, 0) is 36.2 Å². The van der Waals surface area contributed by atoms with Crippen molar-refractivity contribution in [3.05, 3.63) is 57.7 Å². The topological polar surface area (TPSA) is 102 Å². The van der Waals surface area contributed by atoms with Crippen LogP contribution < -0.4 is 11.1 Å². The van der Waals surface area contributed by atoms with Gasteiger partial charge in [0, 0.05) is 12.6 Å². The Labute approximate surface area is 159 Å². The van der Waals surface area contributed by atoms with Gasteiger partial charge in [0.05, 0.1) is 27.4 Å². The fraction of sp³-hybridized carbons (Fsp3) is 0.222. The fourth-order valence-corrected chi connectivity index (χ4v) is 3.32.